The number of carbonyl (C=O) groups excluding carboxylic acids is 1. The predicted octanol–water partition coefficient (Wildman–Crippen LogP) is 2.75. The quantitative estimate of drug-likeness (QED) is 0.553. The van der Waals surface area contributed by atoms with Crippen LogP contribution >= 0.6 is 0 Å². The van der Waals surface area contributed by atoms with Crippen molar-refractivity contribution in [2.75, 3.05) is 44.3 Å². The molecule has 0 spiro atoms. The van der Waals surface area contributed by atoms with Gasteiger partial charge >= 0.3 is 6.18 Å². The van der Waals surface area contributed by atoms with Gasteiger partial charge in [-0.2, -0.15) is 13.2 Å². The first kappa shape index (κ1) is 26.8. The van der Waals surface area contributed by atoms with Crippen LogP contribution in [0.4, 0.5) is 18.9 Å². The van der Waals surface area contributed by atoms with Gasteiger partial charge in [-0.3, -0.25) is 14.0 Å². The molecule has 1 heterocycles. The van der Waals surface area contributed by atoms with E-state index >= 15 is 0 Å². The highest BCUT2D eigenvalue weighted by Crippen LogP contribution is 2.32. The van der Waals surface area contributed by atoms with Crippen LogP contribution in [0.25, 0.3) is 0 Å². The van der Waals surface area contributed by atoms with Gasteiger partial charge in [-0.25, -0.2) is 8.42 Å². The van der Waals surface area contributed by atoms with Gasteiger partial charge in [0, 0.05) is 19.1 Å². The number of ether oxygens (including phenoxy) is 1. The molecule has 0 aliphatic carbocycles. The number of nitrogens with zero attached hydrogens (tertiary/aromatic N) is 3. The Balaban J connectivity index is 1.76. The lowest BCUT2D eigenvalue weighted by Crippen LogP contribution is -2.52. The van der Waals surface area contributed by atoms with E-state index in [9.17, 15) is 26.4 Å². The molecule has 12 heteroatoms. The van der Waals surface area contributed by atoms with Crippen molar-refractivity contribution in [3.63, 3.8) is 0 Å². The summed E-state index contributed by atoms with van der Waals surface area (Å²) in [5, 5.41) is 0. The molecule has 0 unspecified atom stereocenters. The number of benzene rings is 2. The number of nitrogens with two attached hydrogens (primary N) is 1. The maximum Gasteiger partial charge on any atom is 0.416 e. The molecule has 0 saturated carbocycles. The molecule has 2 aromatic rings. The van der Waals surface area contributed by atoms with E-state index in [-0.39, 0.29) is 18.3 Å². The molecule has 1 saturated heterocycles. The molecule has 1 amide bonds. The molecule has 0 aromatic heterocycles. The number of alkyl halides is 3. The number of sulfonamides is 1. The van der Waals surface area contributed by atoms with Crippen molar-refractivity contribution in [1.29, 1.82) is 0 Å². The van der Waals surface area contributed by atoms with Gasteiger partial charge in [0.25, 0.3) is 0 Å². The SMILES string of the molecule is CN(C)[C@H]1CCN([C@@H](CN(c2ccc(Oc3ccc(C(F)(F)F)cc3)cc2)S(C)(=O)=O)C(N)=O)C1. The van der Waals surface area contributed by atoms with E-state index in [4.69, 9.17) is 10.5 Å². The first-order valence-corrected chi connectivity index (χ1v) is 12.7. The number of carbonyl (C=O) groups is 1. The zero-order chi connectivity index (χ0) is 26.0. The number of primary amides is 1. The molecule has 1 fully saturated rings. The average Bonchev–Trinajstić information content (AvgIpc) is 3.24. The van der Waals surface area contributed by atoms with E-state index in [0.717, 1.165) is 29.1 Å². The van der Waals surface area contributed by atoms with Gasteiger partial charge in [-0.1, -0.05) is 0 Å². The van der Waals surface area contributed by atoms with Crippen LogP contribution in [-0.2, 0) is 21.0 Å². The van der Waals surface area contributed by atoms with Crippen molar-refractivity contribution >= 4 is 21.6 Å². The van der Waals surface area contributed by atoms with E-state index in [0.29, 0.717) is 24.5 Å². The van der Waals surface area contributed by atoms with Crippen LogP contribution in [0.1, 0.15) is 12.0 Å². The molecule has 0 radical (unpaired) electrons. The van der Waals surface area contributed by atoms with Gasteiger partial charge in [0.05, 0.1) is 24.1 Å². The van der Waals surface area contributed by atoms with Crippen molar-refractivity contribution in [1.82, 2.24) is 9.80 Å². The molecule has 0 bridgehead atoms. The Labute approximate surface area is 203 Å². The number of halogens is 3. The summed E-state index contributed by atoms with van der Waals surface area (Å²) in [4.78, 5) is 16.2. The standard InChI is InChI=1S/C23H29F3N4O4S/c1-28(2)18-12-13-29(14-18)21(22(27)31)15-30(35(3,32)33)17-6-10-20(11-7-17)34-19-8-4-16(5-9-19)23(24,25)26/h4-11,18,21H,12-15H2,1-3H3,(H2,27,31)/t18-,21-/m0/s1. The highest BCUT2D eigenvalue weighted by atomic mass is 32.2. The van der Waals surface area contributed by atoms with Crippen LogP contribution in [0.5, 0.6) is 11.5 Å². The number of likely N-dealkylation sites (N-methyl/N-ethyl adjacent to an activating group) is 1. The van der Waals surface area contributed by atoms with E-state index in [2.05, 4.69) is 4.90 Å². The second kappa shape index (κ2) is 10.4. The van der Waals surface area contributed by atoms with Crippen molar-refractivity contribution in [3.05, 3.63) is 54.1 Å². The number of hydrogen-bond acceptors (Lipinski definition) is 6. The fourth-order valence-corrected chi connectivity index (χ4v) is 4.89. The van der Waals surface area contributed by atoms with Crippen molar-refractivity contribution in [3.8, 4) is 11.5 Å². The fraction of sp³-hybridized carbons (Fsp3) is 0.435. The minimum atomic E-state index is -4.44. The normalized spacial score (nSPS) is 18.0. The number of rotatable bonds is 9. The third-order valence-corrected chi connectivity index (χ3v) is 7.14. The Kier molecular flexibility index (Phi) is 7.97. The Morgan fingerprint density at radius 2 is 1.66 bits per heavy atom. The summed E-state index contributed by atoms with van der Waals surface area (Å²) < 4.78 is 70.1. The van der Waals surface area contributed by atoms with Crippen LogP contribution in [0.2, 0.25) is 0 Å². The maximum absolute atomic E-state index is 12.7. The number of hydrogen-bond donors (Lipinski definition) is 1. The van der Waals surface area contributed by atoms with E-state index < -0.39 is 33.7 Å². The van der Waals surface area contributed by atoms with Gasteiger partial charge in [0.2, 0.25) is 15.9 Å². The predicted molar refractivity (Wildman–Crippen MR) is 127 cm³/mol. The second-order valence-electron chi connectivity index (χ2n) is 8.73. The summed E-state index contributed by atoms with van der Waals surface area (Å²) >= 11 is 0. The molecule has 1 aliphatic heterocycles. The molecule has 2 aromatic carbocycles. The minimum Gasteiger partial charge on any atom is -0.457 e. The Morgan fingerprint density at radius 3 is 2.09 bits per heavy atom. The van der Waals surface area contributed by atoms with Crippen molar-refractivity contribution in [2.24, 2.45) is 5.73 Å². The van der Waals surface area contributed by atoms with E-state index in [1.54, 1.807) is 0 Å². The third kappa shape index (κ3) is 6.86. The van der Waals surface area contributed by atoms with E-state index in [1.807, 2.05) is 19.0 Å². The molecule has 2 atom stereocenters. The summed E-state index contributed by atoms with van der Waals surface area (Å²) in [5.41, 5.74) is 5.17. The Bertz CT molecular complexity index is 1120. The largest absolute Gasteiger partial charge is 0.457 e. The highest BCUT2D eigenvalue weighted by Gasteiger charge is 2.35. The first-order valence-electron chi connectivity index (χ1n) is 10.9. The first-order chi connectivity index (χ1) is 16.3. The molecule has 1 aliphatic rings. The highest BCUT2D eigenvalue weighted by molar-refractivity contribution is 7.92. The van der Waals surface area contributed by atoms with E-state index in [1.165, 1.54) is 36.4 Å². The van der Waals surface area contributed by atoms with Gasteiger partial charge in [-0.05, 0) is 69.0 Å². The van der Waals surface area contributed by atoms with Crippen LogP contribution in [0.3, 0.4) is 0 Å². The summed E-state index contributed by atoms with van der Waals surface area (Å²) in [6.45, 7) is 1.07. The molecular weight excluding hydrogens is 485 g/mol. The van der Waals surface area contributed by atoms with Crippen LogP contribution in [0.15, 0.2) is 48.5 Å². The monoisotopic (exact) mass is 514 g/mol. The summed E-state index contributed by atoms with van der Waals surface area (Å²) in [6, 6.07) is 9.68. The average molecular weight is 515 g/mol. The van der Waals surface area contributed by atoms with Crippen molar-refractivity contribution in [2.45, 2.75) is 24.7 Å². The third-order valence-electron chi connectivity index (χ3n) is 5.98. The minimum absolute atomic E-state index is 0.145. The smallest absolute Gasteiger partial charge is 0.416 e. The topological polar surface area (TPSA) is 96.2 Å². The second-order valence-corrected chi connectivity index (χ2v) is 10.6. The summed E-state index contributed by atoms with van der Waals surface area (Å²) in [6.07, 6.45) is -2.56. The zero-order valence-electron chi connectivity index (χ0n) is 19.7. The lowest BCUT2D eigenvalue weighted by molar-refractivity contribution is -0.137. The lowest BCUT2D eigenvalue weighted by Gasteiger charge is -2.31. The molecule has 2 N–H and O–H groups in total. The molecule has 8 nitrogen and oxygen atoms in total. The molecular formula is C23H29F3N4O4S. The fourth-order valence-electron chi connectivity index (χ4n) is 3.98. The van der Waals surface area contributed by atoms with Gasteiger partial charge in [0.1, 0.15) is 17.5 Å². The molecule has 35 heavy (non-hydrogen) atoms. The summed E-state index contributed by atoms with van der Waals surface area (Å²) in [7, 11) is 0.143. The Hall–Kier alpha value is -2.83. The summed E-state index contributed by atoms with van der Waals surface area (Å²) in [5.74, 6) is -0.105. The van der Waals surface area contributed by atoms with Gasteiger partial charge in [0.15, 0.2) is 0 Å². The van der Waals surface area contributed by atoms with Crippen LogP contribution in [-0.4, -0.2) is 76.2 Å². The number of likely N-dealkylation sites (tertiary alicyclic amines) is 1. The maximum atomic E-state index is 12.7. The Morgan fingerprint density at radius 1 is 1.11 bits per heavy atom. The van der Waals surface area contributed by atoms with Gasteiger partial charge < -0.3 is 15.4 Å². The van der Waals surface area contributed by atoms with Crippen molar-refractivity contribution < 1.29 is 31.1 Å². The van der Waals surface area contributed by atoms with Crippen LogP contribution in [0, 0.1) is 0 Å². The molecule has 3 rings (SSSR count). The zero-order valence-corrected chi connectivity index (χ0v) is 20.5. The number of amides is 1. The number of anilines is 1. The lowest BCUT2D eigenvalue weighted by atomic mass is 10.2. The van der Waals surface area contributed by atoms with Gasteiger partial charge in [-0.15, -0.1) is 0 Å². The molecule has 192 valence electrons. The van der Waals surface area contributed by atoms with Crippen LogP contribution < -0.4 is 14.8 Å².